The molecule has 1 atom stereocenters. The molecule has 1 aromatic heterocycles. The van der Waals surface area contributed by atoms with Gasteiger partial charge in [-0.3, -0.25) is 4.79 Å². The van der Waals surface area contributed by atoms with Crippen molar-refractivity contribution in [2.45, 2.75) is 25.1 Å². The number of carbonyl (C=O) groups is 1. The Morgan fingerprint density at radius 1 is 1.69 bits per heavy atom. The first-order valence-electron chi connectivity index (χ1n) is 5.26. The molecule has 0 radical (unpaired) electrons. The molecule has 16 heavy (non-hydrogen) atoms. The number of ether oxygens (including phenoxy) is 1. The molecule has 1 heterocycles. The van der Waals surface area contributed by atoms with Crippen LogP contribution in [0.15, 0.2) is 17.5 Å². The van der Waals surface area contributed by atoms with Crippen LogP contribution >= 0.6 is 23.1 Å². The van der Waals surface area contributed by atoms with Crippen molar-refractivity contribution in [3.05, 3.63) is 22.4 Å². The lowest BCUT2D eigenvalue weighted by atomic mass is 10.2. The van der Waals surface area contributed by atoms with Gasteiger partial charge in [0, 0.05) is 10.6 Å². The summed E-state index contributed by atoms with van der Waals surface area (Å²) in [6, 6.07) is 3.68. The van der Waals surface area contributed by atoms with Gasteiger partial charge in [0.05, 0.1) is 6.61 Å². The summed E-state index contributed by atoms with van der Waals surface area (Å²) in [6.45, 7) is 2.19. The number of rotatable bonds is 7. The first kappa shape index (κ1) is 13.5. The molecule has 0 bridgehead atoms. The molecule has 0 amide bonds. The molecule has 1 unspecified atom stereocenters. The standard InChI is InChI=1S/C11H17NO2S2/c1-2-14-11(13)10(12)5-7-15-8-9-4-3-6-16-9/h3-4,6,10H,2,5,7-8,12H2,1H3. The van der Waals surface area contributed by atoms with Crippen molar-refractivity contribution in [1.82, 2.24) is 0 Å². The second-order valence-electron chi connectivity index (χ2n) is 3.28. The quantitative estimate of drug-likeness (QED) is 0.603. The van der Waals surface area contributed by atoms with Crippen LogP contribution in [0.2, 0.25) is 0 Å². The third-order valence-electron chi connectivity index (χ3n) is 1.99. The molecular formula is C11H17NO2S2. The number of thioether (sulfide) groups is 1. The fourth-order valence-electron chi connectivity index (χ4n) is 1.14. The highest BCUT2D eigenvalue weighted by Crippen LogP contribution is 2.17. The average Bonchev–Trinajstić information content (AvgIpc) is 2.77. The molecule has 1 rings (SSSR count). The number of thiophene rings is 1. The van der Waals surface area contributed by atoms with Crippen LogP contribution in [0.1, 0.15) is 18.2 Å². The van der Waals surface area contributed by atoms with Gasteiger partial charge in [0.1, 0.15) is 6.04 Å². The van der Waals surface area contributed by atoms with Crippen molar-refractivity contribution in [1.29, 1.82) is 0 Å². The zero-order valence-corrected chi connectivity index (χ0v) is 11.0. The van der Waals surface area contributed by atoms with E-state index in [0.717, 1.165) is 11.5 Å². The van der Waals surface area contributed by atoms with Crippen molar-refractivity contribution in [3.8, 4) is 0 Å². The highest BCUT2D eigenvalue weighted by Gasteiger charge is 2.13. The molecular weight excluding hydrogens is 242 g/mol. The third-order valence-corrected chi connectivity index (χ3v) is 4.09. The predicted octanol–water partition coefficient (Wildman–Crippen LogP) is 2.26. The maximum Gasteiger partial charge on any atom is 0.322 e. The number of hydrogen-bond acceptors (Lipinski definition) is 5. The minimum atomic E-state index is -0.476. The molecule has 0 aliphatic heterocycles. The van der Waals surface area contributed by atoms with Gasteiger partial charge < -0.3 is 10.5 Å². The lowest BCUT2D eigenvalue weighted by Gasteiger charge is -2.09. The molecule has 0 spiro atoms. The van der Waals surface area contributed by atoms with Gasteiger partial charge in [0.25, 0.3) is 0 Å². The smallest absolute Gasteiger partial charge is 0.322 e. The zero-order chi connectivity index (χ0) is 11.8. The monoisotopic (exact) mass is 259 g/mol. The lowest BCUT2D eigenvalue weighted by Crippen LogP contribution is -2.32. The molecule has 3 nitrogen and oxygen atoms in total. The maximum absolute atomic E-state index is 11.2. The summed E-state index contributed by atoms with van der Waals surface area (Å²) in [7, 11) is 0. The Bertz CT molecular complexity index is 301. The second-order valence-corrected chi connectivity index (χ2v) is 5.42. The summed E-state index contributed by atoms with van der Waals surface area (Å²) in [4.78, 5) is 12.6. The summed E-state index contributed by atoms with van der Waals surface area (Å²) < 4.78 is 4.84. The zero-order valence-electron chi connectivity index (χ0n) is 9.35. The Balaban J connectivity index is 2.08. The largest absolute Gasteiger partial charge is 0.465 e. The maximum atomic E-state index is 11.2. The van der Waals surface area contributed by atoms with Gasteiger partial charge in [0.15, 0.2) is 0 Å². The number of hydrogen-bond donors (Lipinski definition) is 1. The third kappa shape index (κ3) is 5.01. The molecule has 90 valence electrons. The van der Waals surface area contributed by atoms with E-state index in [1.165, 1.54) is 4.88 Å². The summed E-state index contributed by atoms with van der Waals surface area (Å²) in [6.07, 6.45) is 0.675. The van der Waals surface area contributed by atoms with Gasteiger partial charge in [-0.05, 0) is 30.5 Å². The molecule has 5 heteroatoms. The molecule has 0 aromatic carbocycles. The second kappa shape index (κ2) is 7.70. The minimum Gasteiger partial charge on any atom is -0.465 e. The Morgan fingerprint density at radius 3 is 3.12 bits per heavy atom. The molecule has 0 aliphatic rings. The number of esters is 1. The molecule has 0 saturated heterocycles. The average molecular weight is 259 g/mol. The van der Waals surface area contributed by atoms with Crippen LogP contribution in [0.5, 0.6) is 0 Å². The van der Waals surface area contributed by atoms with E-state index in [1.54, 1.807) is 30.0 Å². The van der Waals surface area contributed by atoms with Crippen LogP contribution < -0.4 is 5.73 Å². The van der Waals surface area contributed by atoms with Gasteiger partial charge >= 0.3 is 5.97 Å². The van der Waals surface area contributed by atoms with Crippen molar-refractivity contribution in [2.24, 2.45) is 5.73 Å². The van der Waals surface area contributed by atoms with Crippen molar-refractivity contribution in [2.75, 3.05) is 12.4 Å². The van der Waals surface area contributed by atoms with Gasteiger partial charge in [0.2, 0.25) is 0 Å². The van der Waals surface area contributed by atoms with E-state index in [2.05, 4.69) is 11.4 Å². The highest BCUT2D eigenvalue weighted by atomic mass is 32.2. The van der Waals surface area contributed by atoms with Crippen molar-refractivity contribution < 1.29 is 9.53 Å². The highest BCUT2D eigenvalue weighted by molar-refractivity contribution is 7.98. The van der Waals surface area contributed by atoms with E-state index < -0.39 is 6.04 Å². The summed E-state index contributed by atoms with van der Waals surface area (Å²) in [5.74, 6) is 1.59. The van der Waals surface area contributed by atoms with E-state index in [0.29, 0.717) is 13.0 Å². The Labute approximate surface area is 104 Å². The Kier molecular flexibility index (Phi) is 6.52. The van der Waals surface area contributed by atoms with Crippen LogP contribution in [0.4, 0.5) is 0 Å². The summed E-state index contributed by atoms with van der Waals surface area (Å²) >= 11 is 3.55. The van der Waals surface area contributed by atoms with Crippen LogP contribution in [0, 0.1) is 0 Å². The predicted molar refractivity (Wildman–Crippen MR) is 69.7 cm³/mol. The van der Waals surface area contributed by atoms with Gasteiger partial charge in [-0.2, -0.15) is 11.8 Å². The minimum absolute atomic E-state index is 0.292. The number of nitrogens with two attached hydrogens (primary N) is 1. The Morgan fingerprint density at radius 2 is 2.50 bits per heavy atom. The summed E-state index contributed by atoms with van der Waals surface area (Å²) in [5.41, 5.74) is 5.68. The van der Waals surface area contributed by atoms with Crippen LogP contribution in [0.3, 0.4) is 0 Å². The van der Waals surface area contributed by atoms with E-state index in [1.807, 2.05) is 6.07 Å². The lowest BCUT2D eigenvalue weighted by molar-refractivity contribution is -0.144. The fraction of sp³-hybridized carbons (Fsp3) is 0.545. The summed E-state index contributed by atoms with van der Waals surface area (Å²) in [5, 5.41) is 2.07. The number of carbonyl (C=O) groups excluding carboxylic acids is 1. The van der Waals surface area contributed by atoms with Crippen LogP contribution in [-0.4, -0.2) is 24.4 Å². The van der Waals surface area contributed by atoms with E-state index in [9.17, 15) is 4.79 Å². The molecule has 0 fully saturated rings. The topological polar surface area (TPSA) is 52.3 Å². The van der Waals surface area contributed by atoms with Crippen LogP contribution in [0.25, 0.3) is 0 Å². The first-order chi connectivity index (χ1) is 7.74. The van der Waals surface area contributed by atoms with Gasteiger partial charge in [-0.25, -0.2) is 0 Å². The van der Waals surface area contributed by atoms with Gasteiger partial charge in [-0.15, -0.1) is 11.3 Å². The van der Waals surface area contributed by atoms with Crippen molar-refractivity contribution in [3.63, 3.8) is 0 Å². The molecule has 0 aliphatic carbocycles. The SMILES string of the molecule is CCOC(=O)C(N)CCSCc1cccs1. The normalized spacial score (nSPS) is 12.4. The van der Waals surface area contributed by atoms with E-state index >= 15 is 0 Å². The molecule has 2 N–H and O–H groups in total. The van der Waals surface area contributed by atoms with Crippen molar-refractivity contribution >= 4 is 29.1 Å². The fourth-order valence-corrected chi connectivity index (χ4v) is 3.02. The van der Waals surface area contributed by atoms with Crippen LogP contribution in [-0.2, 0) is 15.3 Å². The Hall–Kier alpha value is -0.520. The van der Waals surface area contributed by atoms with E-state index in [-0.39, 0.29) is 5.97 Å². The molecule has 1 aromatic rings. The van der Waals surface area contributed by atoms with Gasteiger partial charge in [-0.1, -0.05) is 6.07 Å². The first-order valence-corrected chi connectivity index (χ1v) is 7.29. The molecule has 0 saturated carbocycles. The van der Waals surface area contributed by atoms with E-state index in [4.69, 9.17) is 10.5 Å².